The summed E-state index contributed by atoms with van der Waals surface area (Å²) in [6, 6.07) is 10.3. The third-order valence-electron chi connectivity index (χ3n) is 4.47. The Morgan fingerprint density at radius 1 is 1.15 bits per heavy atom. The van der Waals surface area contributed by atoms with Gasteiger partial charge in [-0.15, -0.1) is 11.3 Å². The van der Waals surface area contributed by atoms with Gasteiger partial charge in [-0.3, -0.25) is 4.79 Å². The quantitative estimate of drug-likeness (QED) is 0.674. The topological polar surface area (TPSA) is 58.1 Å². The Morgan fingerprint density at radius 3 is 2.58 bits per heavy atom. The van der Waals surface area contributed by atoms with Gasteiger partial charge in [0.2, 0.25) is 5.91 Å². The monoisotopic (exact) mass is 368 g/mol. The lowest BCUT2D eigenvalue weighted by molar-refractivity contribution is -0.130. The first-order valence-electron chi connectivity index (χ1n) is 8.96. The number of carbonyl (C=O) groups is 1. The summed E-state index contributed by atoms with van der Waals surface area (Å²) in [6.45, 7) is 8.17. The average molecular weight is 369 g/mol. The number of anilines is 1. The fraction of sp³-hybridized carbons (Fsp3) is 0.350. The van der Waals surface area contributed by atoms with Gasteiger partial charge in [0.1, 0.15) is 17.0 Å². The van der Waals surface area contributed by atoms with E-state index in [1.807, 2.05) is 36.9 Å². The van der Waals surface area contributed by atoms with Gasteiger partial charge >= 0.3 is 0 Å². The number of nitrogens with zero attached hydrogens (tertiary/aromatic N) is 3. The van der Waals surface area contributed by atoms with Crippen LogP contribution in [0.25, 0.3) is 21.3 Å². The van der Waals surface area contributed by atoms with Crippen LogP contribution in [0.2, 0.25) is 0 Å². The van der Waals surface area contributed by atoms with E-state index in [4.69, 9.17) is 0 Å². The second-order valence-corrected chi connectivity index (χ2v) is 7.25. The maximum absolute atomic E-state index is 12.2. The molecule has 0 fully saturated rings. The van der Waals surface area contributed by atoms with E-state index in [2.05, 4.69) is 34.3 Å². The van der Waals surface area contributed by atoms with Crippen LogP contribution in [0.1, 0.15) is 25.1 Å². The molecule has 5 nitrogen and oxygen atoms in total. The molecule has 1 N–H and O–H groups in total. The van der Waals surface area contributed by atoms with Crippen LogP contribution in [-0.4, -0.2) is 40.4 Å². The van der Waals surface area contributed by atoms with Crippen LogP contribution in [0.4, 0.5) is 5.82 Å². The number of hydrogen-bond acceptors (Lipinski definition) is 5. The molecule has 3 rings (SSSR count). The van der Waals surface area contributed by atoms with Gasteiger partial charge in [-0.25, -0.2) is 9.97 Å². The summed E-state index contributed by atoms with van der Waals surface area (Å²) < 4.78 is 0. The van der Waals surface area contributed by atoms with E-state index in [-0.39, 0.29) is 5.91 Å². The lowest BCUT2D eigenvalue weighted by Gasteiger charge is -2.18. The molecule has 0 atom stereocenters. The van der Waals surface area contributed by atoms with Gasteiger partial charge in [-0.05, 0) is 26.3 Å². The van der Waals surface area contributed by atoms with Crippen molar-refractivity contribution in [3.05, 3.63) is 41.5 Å². The van der Waals surface area contributed by atoms with Crippen molar-refractivity contribution in [2.75, 3.05) is 25.0 Å². The van der Waals surface area contributed by atoms with E-state index in [0.29, 0.717) is 13.0 Å². The minimum Gasteiger partial charge on any atom is -0.369 e. The molecule has 26 heavy (non-hydrogen) atoms. The van der Waals surface area contributed by atoms with Crippen molar-refractivity contribution < 1.29 is 4.79 Å². The van der Waals surface area contributed by atoms with Gasteiger partial charge in [-0.2, -0.15) is 0 Å². The summed E-state index contributed by atoms with van der Waals surface area (Å²) in [7, 11) is 0. The standard InChI is InChI=1S/C20H24N4OS/c1-4-24(5-2)16(25)11-12-21-19-18-17(15-9-7-6-8-10-15)14(3)26-20(18)23-13-22-19/h6-10,13H,4-5,11-12H2,1-3H3,(H,21,22,23). The van der Waals surface area contributed by atoms with E-state index in [1.165, 1.54) is 10.4 Å². The molecule has 6 heteroatoms. The molecule has 0 aliphatic rings. The van der Waals surface area contributed by atoms with Crippen molar-refractivity contribution in [3.63, 3.8) is 0 Å². The van der Waals surface area contributed by atoms with Crippen LogP contribution in [-0.2, 0) is 4.79 Å². The minimum atomic E-state index is 0.164. The molecule has 0 unspecified atom stereocenters. The molecule has 0 spiro atoms. The van der Waals surface area contributed by atoms with Crippen LogP contribution in [0, 0.1) is 6.92 Å². The molecule has 136 valence electrons. The molecular formula is C20H24N4OS. The molecule has 1 aromatic carbocycles. The zero-order valence-electron chi connectivity index (χ0n) is 15.5. The Labute approximate surface area is 158 Å². The highest BCUT2D eigenvalue weighted by Gasteiger charge is 2.17. The molecule has 0 saturated heterocycles. The lowest BCUT2D eigenvalue weighted by atomic mass is 10.0. The first kappa shape index (κ1) is 18.3. The summed E-state index contributed by atoms with van der Waals surface area (Å²) >= 11 is 1.67. The molecule has 0 saturated carbocycles. The first-order valence-corrected chi connectivity index (χ1v) is 9.78. The van der Waals surface area contributed by atoms with Crippen LogP contribution in [0.3, 0.4) is 0 Å². The summed E-state index contributed by atoms with van der Waals surface area (Å²) in [5, 5.41) is 4.39. The van der Waals surface area contributed by atoms with Gasteiger partial charge < -0.3 is 10.2 Å². The van der Waals surface area contributed by atoms with Crippen molar-refractivity contribution in [2.45, 2.75) is 27.2 Å². The summed E-state index contributed by atoms with van der Waals surface area (Å²) in [5.41, 5.74) is 2.33. The third-order valence-corrected chi connectivity index (χ3v) is 5.49. The normalized spacial score (nSPS) is 10.9. The number of aryl methyl sites for hydroxylation is 1. The van der Waals surface area contributed by atoms with Crippen LogP contribution >= 0.6 is 11.3 Å². The Bertz CT molecular complexity index is 887. The molecule has 1 amide bonds. The fourth-order valence-corrected chi connectivity index (χ4v) is 4.17. The maximum atomic E-state index is 12.2. The van der Waals surface area contributed by atoms with E-state index in [9.17, 15) is 4.79 Å². The van der Waals surface area contributed by atoms with E-state index >= 15 is 0 Å². The highest BCUT2D eigenvalue weighted by molar-refractivity contribution is 7.19. The number of aromatic nitrogens is 2. The highest BCUT2D eigenvalue weighted by Crippen LogP contribution is 2.40. The fourth-order valence-electron chi connectivity index (χ4n) is 3.15. The molecule has 0 aliphatic heterocycles. The largest absolute Gasteiger partial charge is 0.369 e. The Morgan fingerprint density at radius 2 is 1.88 bits per heavy atom. The van der Waals surface area contributed by atoms with Crippen molar-refractivity contribution >= 4 is 33.3 Å². The molecular weight excluding hydrogens is 344 g/mol. The zero-order valence-corrected chi connectivity index (χ0v) is 16.3. The van der Waals surface area contributed by atoms with Crippen LogP contribution in [0.5, 0.6) is 0 Å². The first-order chi connectivity index (χ1) is 12.7. The number of amides is 1. The van der Waals surface area contributed by atoms with Crippen molar-refractivity contribution in [1.82, 2.24) is 14.9 Å². The number of thiophene rings is 1. The Kier molecular flexibility index (Phi) is 5.83. The SMILES string of the molecule is CCN(CC)C(=O)CCNc1ncnc2sc(C)c(-c3ccccc3)c12. The number of benzene rings is 1. The summed E-state index contributed by atoms with van der Waals surface area (Å²) in [5.74, 6) is 0.961. The van der Waals surface area contributed by atoms with Crippen LogP contribution in [0.15, 0.2) is 36.7 Å². The molecule has 0 radical (unpaired) electrons. The molecule has 0 bridgehead atoms. The minimum absolute atomic E-state index is 0.164. The summed E-state index contributed by atoms with van der Waals surface area (Å²) in [4.78, 5) is 25.1. The average Bonchev–Trinajstić information content (AvgIpc) is 3.00. The predicted molar refractivity (Wildman–Crippen MR) is 109 cm³/mol. The number of rotatable bonds is 7. The van der Waals surface area contributed by atoms with Gasteiger partial charge in [0.05, 0.1) is 5.39 Å². The van der Waals surface area contributed by atoms with E-state index < -0.39 is 0 Å². The van der Waals surface area contributed by atoms with Crippen molar-refractivity contribution in [2.24, 2.45) is 0 Å². The predicted octanol–water partition coefficient (Wildman–Crippen LogP) is 4.34. The summed E-state index contributed by atoms with van der Waals surface area (Å²) in [6.07, 6.45) is 2.04. The number of hydrogen-bond donors (Lipinski definition) is 1. The van der Waals surface area contributed by atoms with Gasteiger partial charge in [0.15, 0.2) is 0 Å². The molecule has 0 aliphatic carbocycles. The Hall–Kier alpha value is -2.47. The van der Waals surface area contributed by atoms with Gasteiger partial charge in [-0.1, -0.05) is 30.3 Å². The molecule has 2 heterocycles. The van der Waals surface area contributed by atoms with Crippen molar-refractivity contribution in [3.8, 4) is 11.1 Å². The highest BCUT2D eigenvalue weighted by atomic mass is 32.1. The number of carbonyl (C=O) groups excluding carboxylic acids is 1. The number of fused-ring (bicyclic) bond motifs is 1. The molecule has 2 aromatic heterocycles. The maximum Gasteiger partial charge on any atom is 0.224 e. The smallest absolute Gasteiger partial charge is 0.224 e. The second-order valence-electron chi connectivity index (χ2n) is 6.04. The second kappa shape index (κ2) is 8.27. The van der Waals surface area contributed by atoms with Crippen LogP contribution < -0.4 is 5.32 Å². The third kappa shape index (κ3) is 3.70. The molecule has 3 aromatic rings. The van der Waals surface area contributed by atoms with Gasteiger partial charge in [0.25, 0.3) is 0 Å². The van der Waals surface area contributed by atoms with E-state index in [0.717, 1.165) is 34.7 Å². The number of nitrogens with one attached hydrogen (secondary N) is 1. The lowest BCUT2D eigenvalue weighted by Crippen LogP contribution is -2.31. The van der Waals surface area contributed by atoms with E-state index in [1.54, 1.807) is 17.7 Å². The Balaban J connectivity index is 1.87. The zero-order chi connectivity index (χ0) is 18.5. The van der Waals surface area contributed by atoms with Crippen molar-refractivity contribution in [1.29, 1.82) is 0 Å². The van der Waals surface area contributed by atoms with Gasteiger partial charge in [0, 0.05) is 36.5 Å².